The number of hydrogen-bond acceptors (Lipinski definition) is 3. The summed E-state index contributed by atoms with van der Waals surface area (Å²) in [4.78, 5) is 15.9. The summed E-state index contributed by atoms with van der Waals surface area (Å²) in [5.74, 6) is 0.886. The molecule has 15 heavy (non-hydrogen) atoms. The SMILES string of the molecule is CCn1ccnc1C(=O)CC(C)COC. The Morgan fingerprint density at radius 2 is 2.40 bits per heavy atom. The zero-order valence-corrected chi connectivity index (χ0v) is 9.56. The number of aromatic nitrogens is 2. The van der Waals surface area contributed by atoms with Crippen molar-refractivity contribution in [3.63, 3.8) is 0 Å². The third-order valence-corrected chi connectivity index (χ3v) is 2.29. The maximum Gasteiger partial charge on any atom is 0.198 e. The van der Waals surface area contributed by atoms with Gasteiger partial charge < -0.3 is 9.30 Å². The van der Waals surface area contributed by atoms with E-state index in [0.717, 1.165) is 6.54 Å². The van der Waals surface area contributed by atoms with Crippen LogP contribution in [0.15, 0.2) is 12.4 Å². The molecular formula is C11H18N2O2. The highest BCUT2D eigenvalue weighted by Crippen LogP contribution is 2.09. The number of imidazole rings is 1. The van der Waals surface area contributed by atoms with Crippen molar-refractivity contribution in [2.24, 2.45) is 5.92 Å². The van der Waals surface area contributed by atoms with E-state index in [1.54, 1.807) is 13.3 Å². The number of methoxy groups -OCH3 is 1. The van der Waals surface area contributed by atoms with Crippen molar-refractivity contribution in [2.45, 2.75) is 26.8 Å². The zero-order valence-electron chi connectivity index (χ0n) is 9.56. The monoisotopic (exact) mass is 210 g/mol. The Kier molecular flexibility index (Phi) is 4.49. The van der Waals surface area contributed by atoms with Crippen LogP contribution in [0, 0.1) is 5.92 Å². The van der Waals surface area contributed by atoms with Gasteiger partial charge in [0, 0.05) is 39.1 Å². The minimum atomic E-state index is 0.0893. The fraction of sp³-hybridized carbons (Fsp3) is 0.636. The van der Waals surface area contributed by atoms with Gasteiger partial charge in [0.1, 0.15) is 0 Å². The molecule has 0 aliphatic heterocycles. The highest BCUT2D eigenvalue weighted by Gasteiger charge is 2.15. The second kappa shape index (κ2) is 5.66. The van der Waals surface area contributed by atoms with Crippen LogP contribution >= 0.6 is 0 Å². The molecule has 1 aromatic heterocycles. The minimum absolute atomic E-state index is 0.0893. The lowest BCUT2D eigenvalue weighted by molar-refractivity contribution is 0.0906. The van der Waals surface area contributed by atoms with E-state index >= 15 is 0 Å². The van der Waals surface area contributed by atoms with Gasteiger partial charge in [-0.05, 0) is 12.8 Å². The van der Waals surface area contributed by atoms with E-state index in [1.165, 1.54) is 0 Å². The number of aryl methyl sites for hydroxylation is 1. The van der Waals surface area contributed by atoms with Gasteiger partial charge in [-0.25, -0.2) is 4.98 Å². The maximum atomic E-state index is 11.8. The molecule has 4 nitrogen and oxygen atoms in total. The van der Waals surface area contributed by atoms with Crippen LogP contribution in [-0.2, 0) is 11.3 Å². The predicted octanol–water partition coefficient (Wildman–Crippen LogP) is 1.76. The van der Waals surface area contributed by atoms with Gasteiger partial charge in [0.2, 0.25) is 0 Å². The summed E-state index contributed by atoms with van der Waals surface area (Å²) in [6.45, 7) is 5.38. The molecular weight excluding hydrogens is 192 g/mol. The summed E-state index contributed by atoms with van der Waals surface area (Å²) < 4.78 is 6.86. The smallest absolute Gasteiger partial charge is 0.198 e. The summed E-state index contributed by atoms with van der Waals surface area (Å²) in [5, 5.41) is 0. The molecule has 4 heteroatoms. The topological polar surface area (TPSA) is 44.1 Å². The molecule has 1 unspecified atom stereocenters. The Bertz CT molecular complexity index is 320. The predicted molar refractivity (Wildman–Crippen MR) is 57.9 cm³/mol. The number of ketones is 1. The molecule has 0 saturated heterocycles. The van der Waals surface area contributed by atoms with Gasteiger partial charge >= 0.3 is 0 Å². The van der Waals surface area contributed by atoms with Crippen LogP contribution < -0.4 is 0 Å². The lowest BCUT2D eigenvalue weighted by Crippen LogP contribution is -2.15. The molecule has 0 saturated carbocycles. The van der Waals surface area contributed by atoms with Crippen molar-refractivity contribution >= 4 is 5.78 Å². The van der Waals surface area contributed by atoms with Crippen LogP contribution in [0.4, 0.5) is 0 Å². The van der Waals surface area contributed by atoms with E-state index in [2.05, 4.69) is 4.98 Å². The van der Waals surface area contributed by atoms with Crippen molar-refractivity contribution in [3.05, 3.63) is 18.2 Å². The first-order valence-corrected chi connectivity index (χ1v) is 5.22. The summed E-state index contributed by atoms with van der Waals surface area (Å²) in [7, 11) is 1.65. The average molecular weight is 210 g/mol. The molecule has 1 heterocycles. The third kappa shape index (κ3) is 3.16. The molecule has 84 valence electrons. The van der Waals surface area contributed by atoms with Crippen molar-refractivity contribution < 1.29 is 9.53 Å². The first kappa shape index (κ1) is 11.9. The van der Waals surface area contributed by atoms with Crippen molar-refractivity contribution in [3.8, 4) is 0 Å². The molecule has 0 aliphatic rings. The largest absolute Gasteiger partial charge is 0.384 e. The third-order valence-electron chi connectivity index (χ3n) is 2.29. The van der Waals surface area contributed by atoms with Crippen molar-refractivity contribution in [1.29, 1.82) is 0 Å². The molecule has 0 radical (unpaired) electrons. The van der Waals surface area contributed by atoms with Gasteiger partial charge in [-0.1, -0.05) is 6.92 Å². The van der Waals surface area contributed by atoms with Crippen LogP contribution in [0.3, 0.4) is 0 Å². The Morgan fingerprint density at radius 1 is 1.67 bits per heavy atom. The lowest BCUT2D eigenvalue weighted by Gasteiger charge is -2.09. The number of nitrogens with zero attached hydrogens (tertiary/aromatic N) is 2. The van der Waals surface area contributed by atoms with E-state index in [0.29, 0.717) is 18.9 Å². The quantitative estimate of drug-likeness (QED) is 0.672. The summed E-state index contributed by atoms with van der Waals surface area (Å²) in [5.41, 5.74) is 0. The van der Waals surface area contributed by atoms with E-state index in [9.17, 15) is 4.79 Å². The zero-order chi connectivity index (χ0) is 11.3. The molecule has 0 fully saturated rings. The van der Waals surface area contributed by atoms with Gasteiger partial charge in [-0.2, -0.15) is 0 Å². The number of carbonyl (C=O) groups is 1. The molecule has 0 spiro atoms. The molecule has 1 atom stereocenters. The number of Topliss-reactive ketones (excluding diaryl/α,β-unsaturated/α-hetero) is 1. The Labute approximate surface area is 90.3 Å². The molecule has 0 amide bonds. The van der Waals surface area contributed by atoms with E-state index in [1.807, 2.05) is 24.6 Å². The lowest BCUT2D eigenvalue weighted by atomic mass is 10.1. The van der Waals surface area contributed by atoms with E-state index < -0.39 is 0 Å². The molecule has 0 bridgehead atoms. The highest BCUT2D eigenvalue weighted by molar-refractivity contribution is 5.92. The fourth-order valence-corrected chi connectivity index (χ4v) is 1.57. The van der Waals surface area contributed by atoms with Gasteiger partial charge in [-0.15, -0.1) is 0 Å². The number of ether oxygens (including phenoxy) is 1. The van der Waals surface area contributed by atoms with Crippen LogP contribution in [0.1, 0.15) is 30.9 Å². The van der Waals surface area contributed by atoms with Crippen LogP contribution in [0.25, 0.3) is 0 Å². The van der Waals surface area contributed by atoms with Crippen LogP contribution in [0.2, 0.25) is 0 Å². The first-order valence-electron chi connectivity index (χ1n) is 5.22. The fourth-order valence-electron chi connectivity index (χ4n) is 1.57. The van der Waals surface area contributed by atoms with E-state index in [-0.39, 0.29) is 11.7 Å². The standard InChI is InChI=1S/C11H18N2O2/c1-4-13-6-5-12-11(13)10(14)7-9(2)8-15-3/h5-6,9H,4,7-8H2,1-3H3. The summed E-state index contributed by atoms with van der Waals surface area (Å²) in [6.07, 6.45) is 3.98. The van der Waals surface area contributed by atoms with Crippen LogP contribution in [0.5, 0.6) is 0 Å². The summed E-state index contributed by atoms with van der Waals surface area (Å²) in [6, 6.07) is 0. The van der Waals surface area contributed by atoms with Gasteiger partial charge in [-0.3, -0.25) is 4.79 Å². The molecule has 0 aromatic carbocycles. The van der Waals surface area contributed by atoms with Crippen molar-refractivity contribution in [2.75, 3.05) is 13.7 Å². The molecule has 1 rings (SSSR count). The van der Waals surface area contributed by atoms with Gasteiger partial charge in [0.15, 0.2) is 11.6 Å². The second-order valence-corrected chi connectivity index (χ2v) is 3.72. The van der Waals surface area contributed by atoms with Crippen molar-refractivity contribution in [1.82, 2.24) is 9.55 Å². The second-order valence-electron chi connectivity index (χ2n) is 3.72. The Hall–Kier alpha value is -1.16. The number of hydrogen-bond donors (Lipinski definition) is 0. The summed E-state index contributed by atoms with van der Waals surface area (Å²) >= 11 is 0. The Morgan fingerprint density at radius 3 is 3.00 bits per heavy atom. The normalized spacial score (nSPS) is 12.7. The van der Waals surface area contributed by atoms with Crippen LogP contribution in [-0.4, -0.2) is 29.1 Å². The van der Waals surface area contributed by atoms with Gasteiger partial charge in [0.25, 0.3) is 0 Å². The molecule has 1 aromatic rings. The number of carbonyl (C=O) groups excluding carboxylic acids is 1. The molecule has 0 aliphatic carbocycles. The Balaban J connectivity index is 2.61. The highest BCUT2D eigenvalue weighted by atomic mass is 16.5. The number of rotatable bonds is 6. The van der Waals surface area contributed by atoms with E-state index in [4.69, 9.17) is 4.74 Å². The molecule has 0 N–H and O–H groups in total. The first-order chi connectivity index (χ1) is 7.19. The average Bonchev–Trinajstić information content (AvgIpc) is 2.65. The maximum absolute atomic E-state index is 11.8. The minimum Gasteiger partial charge on any atom is -0.384 e. The van der Waals surface area contributed by atoms with Gasteiger partial charge in [0.05, 0.1) is 0 Å².